The molecule has 0 spiro atoms. The maximum Gasteiger partial charge on any atom is 0.234 e. The summed E-state index contributed by atoms with van der Waals surface area (Å²) in [6.07, 6.45) is -0.00312. The molecule has 18 heavy (non-hydrogen) atoms. The lowest BCUT2D eigenvalue weighted by Crippen LogP contribution is -2.24. The standard InChI is InChI=1S/C14H15NO3/c1-10(2)9-18-13-5-3-4-11(6-13)15-8-12(16)7-14(15)17/h3-6H,1,7-9H2,2H3. The van der Waals surface area contributed by atoms with Crippen LogP contribution in [0.2, 0.25) is 0 Å². The van der Waals surface area contributed by atoms with Crippen LogP contribution < -0.4 is 9.64 Å². The first-order valence-electron chi connectivity index (χ1n) is 5.75. The van der Waals surface area contributed by atoms with Crippen LogP contribution in [-0.4, -0.2) is 24.8 Å². The van der Waals surface area contributed by atoms with Crippen molar-refractivity contribution in [3.63, 3.8) is 0 Å². The molecule has 0 aromatic heterocycles. The summed E-state index contributed by atoms with van der Waals surface area (Å²) in [7, 11) is 0. The molecule has 4 nitrogen and oxygen atoms in total. The maximum atomic E-state index is 11.6. The fraction of sp³-hybridized carbons (Fsp3) is 0.286. The van der Waals surface area contributed by atoms with Crippen molar-refractivity contribution in [3.8, 4) is 5.75 Å². The van der Waals surface area contributed by atoms with E-state index in [9.17, 15) is 9.59 Å². The Morgan fingerprint density at radius 1 is 1.44 bits per heavy atom. The van der Waals surface area contributed by atoms with Crippen LogP contribution in [0, 0.1) is 0 Å². The molecule has 0 unspecified atom stereocenters. The number of hydrogen-bond donors (Lipinski definition) is 0. The minimum absolute atomic E-state index is 0.00312. The first-order chi connectivity index (χ1) is 8.56. The quantitative estimate of drug-likeness (QED) is 0.601. The third kappa shape index (κ3) is 2.77. The Bertz CT molecular complexity index is 508. The largest absolute Gasteiger partial charge is 0.489 e. The molecular weight excluding hydrogens is 230 g/mol. The molecule has 1 aromatic carbocycles. The minimum Gasteiger partial charge on any atom is -0.489 e. The molecule has 4 heteroatoms. The van der Waals surface area contributed by atoms with Gasteiger partial charge in [0.2, 0.25) is 5.91 Å². The van der Waals surface area contributed by atoms with Crippen LogP contribution in [0.5, 0.6) is 5.75 Å². The second-order valence-electron chi connectivity index (χ2n) is 4.44. The van der Waals surface area contributed by atoms with E-state index >= 15 is 0 Å². The first kappa shape index (κ1) is 12.4. The van der Waals surface area contributed by atoms with Gasteiger partial charge in [0.05, 0.1) is 13.0 Å². The molecule has 2 rings (SSSR count). The van der Waals surface area contributed by atoms with Gasteiger partial charge in [-0.2, -0.15) is 0 Å². The number of nitrogens with zero attached hydrogens (tertiary/aromatic N) is 1. The van der Waals surface area contributed by atoms with E-state index in [2.05, 4.69) is 6.58 Å². The smallest absolute Gasteiger partial charge is 0.234 e. The zero-order chi connectivity index (χ0) is 13.1. The summed E-state index contributed by atoms with van der Waals surface area (Å²) in [4.78, 5) is 24.3. The average Bonchev–Trinajstić information content (AvgIpc) is 2.66. The van der Waals surface area contributed by atoms with Crippen molar-refractivity contribution in [1.29, 1.82) is 0 Å². The van der Waals surface area contributed by atoms with E-state index in [1.807, 2.05) is 13.0 Å². The molecular formula is C14H15NO3. The Kier molecular flexibility index (Phi) is 3.46. The van der Waals surface area contributed by atoms with E-state index < -0.39 is 0 Å². The molecule has 1 aromatic rings. The van der Waals surface area contributed by atoms with Crippen molar-refractivity contribution in [2.24, 2.45) is 0 Å². The van der Waals surface area contributed by atoms with Crippen LogP contribution in [-0.2, 0) is 9.59 Å². The zero-order valence-corrected chi connectivity index (χ0v) is 10.3. The molecule has 0 atom stereocenters. The normalized spacial score (nSPS) is 15.1. The van der Waals surface area contributed by atoms with Gasteiger partial charge < -0.3 is 9.64 Å². The number of carbonyl (C=O) groups is 2. The second-order valence-corrected chi connectivity index (χ2v) is 4.44. The van der Waals surface area contributed by atoms with E-state index in [0.717, 1.165) is 5.57 Å². The summed E-state index contributed by atoms with van der Waals surface area (Å²) in [5, 5.41) is 0. The Hall–Kier alpha value is -2.10. The molecule has 1 aliphatic rings. The van der Waals surface area contributed by atoms with Gasteiger partial charge in [-0.05, 0) is 24.6 Å². The number of benzene rings is 1. The number of hydrogen-bond acceptors (Lipinski definition) is 3. The molecule has 0 radical (unpaired) electrons. The van der Waals surface area contributed by atoms with Crippen LogP contribution in [0.3, 0.4) is 0 Å². The number of rotatable bonds is 4. The van der Waals surface area contributed by atoms with Gasteiger partial charge in [0.25, 0.3) is 0 Å². The number of ether oxygens (including phenoxy) is 1. The Morgan fingerprint density at radius 2 is 2.22 bits per heavy atom. The highest BCUT2D eigenvalue weighted by molar-refractivity contribution is 6.15. The Balaban J connectivity index is 2.14. The molecule has 0 aliphatic carbocycles. The fourth-order valence-electron chi connectivity index (χ4n) is 1.77. The summed E-state index contributed by atoms with van der Waals surface area (Å²) in [5.74, 6) is 0.466. The van der Waals surface area contributed by atoms with Gasteiger partial charge in [0.1, 0.15) is 12.4 Å². The fourth-order valence-corrected chi connectivity index (χ4v) is 1.77. The predicted octanol–water partition coefficient (Wildman–Crippen LogP) is 1.95. The minimum atomic E-state index is -0.156. The predicted molar refractivity (Wildman–Crippen MR) is 68.7 cm³/mol. The molecule has 0 N–H and O–H groups in total. The highest BCUT2D eigenvalue weighted by atomic mass is 16.5. The first-order valence-corrected chi connectivity index (χ1v) is 5.75. The van der Waals surface area contributed by atoms with Crippen molar-refractivity contribution in [3.05, 3.63) is 36.4 Å². The van der Waals surface area contributed by atoms with Crippen molar-refractivity contribution in [2.45, 2.75) is 13.3 Å². The van der Waals surface area contributed by atoms with Gasteiger partial charge in [-0.25, -0.2) is 0 Å². The van der Waals surface area contributed by atoms with E-state index in [4.69, 9.17) is 4.74 Å². The van der Waals surface area contributed by atoms with Crippen LogP contribution >= 0.6 is 0 Å². The molecule has 1 amide bonds. The zero-order valence-electron chi connectivity index (χ0n) is 10.3. The van der Waals surface area contributed by atoms with Crippen LogP contribution in [0.15, 0.2) is 36.4 Å². The lowest BCUT2D eigenvalue weighted by Gasteiger charge is -2.16. The lowest BCUT2D eigenvalue weighted by molar-refractivity contribution is -0.121. The van der Waals surface area contributed by atoms with Crippen LogP contribution in [0.25, 0.3) is 0 Å². The van der Waals surface area contributed by atoms with Crippen molar-refractivity contribution in [1.82, 2.24) is 0 Å². The Morgan fingerprint density at radius 3 is 2.83 bits per heavy atom. The summed E-state index contributed by atoms with van der Waals surface area (Å²) in [6.45, 7) is 6.24. The van der Waals surface area contributed by atoms with E-state index in [-0.39, 0.29) is 24.7 Å². The number of carbonyl (C=O) groups excluding carboxylic acids is 2. The lowest BCUT2D eigenvalue weighted by atomic mass is 10.2. The van der Waals surface area contributed by atoms with Crippen molar-refractivity contribution >= 4 is 17.4 Å². The monoisotopic (exact) mass is 245 g/mol. The van der Waals surface area contributed by atoms with E-state index in [1.165, 1.54) is 4.90 Å². The number of Topliss-reactive ketones (excluding diaryl/α,β-unsaturated/α-hetero) is 1. The number of ketones is 1. The summed E-state index contributed by atoms with van der Waals surface area (Å²) in [6, 6.07) is 7.18. The van der Waals surface area contributed by atoms with Gasteiger partial charge in [0, 0.05) is 11.8 Å². The maximum absolute atomic E-state index is 11.6. The number of amides is 1. The van der Waals surface area contributed by atoms with Gasteiger partial charge >= 0.3 is 0 Å². The highest BCUT2D eigenvalue weighted by Crippen LogP contribution is 2.24. The molecule has 1 fully saturated rings. The SMILES string of the molecule is C=C(C)COc1cccc(N2CC(=O)CC2=O)c1. The molecule has 1 saturated heterocycles. The van der Waals surface area contributed by atoms with E-state index in [0.29, 0.717) is 18.0 Å². The number of anilines is 1. The molecule has 0 saturated carbocycles. The highest BCUT2D eigenvalue weighted by Gasteiger charge is 2.28. The third-order valence-electron chi connectivity index (χ3n) is 2.60. The van der Waals surface area contributed by atoms with Gasteiger partial charge in [-0.3, -0.25) is 9.59 Å². The van der Waals surface area contributed by atoms with Crippen molar-refractivity contribution < 1.29 is 14.3 Å². The topological polar surface area (TPSA) is 46.6 Å². The molecule has 1 heterocycles. The summed E-state index contributed by atoms with van der Waals surface area (Å²) < 4.78 is 5.51. The second kappa shape index (κ2) is 5.04. The Labute approximate surface area is 106 Å². The average molecular weight is 245 g/mol. The summed E-state index contributed by atoms with van der Waals surface area (Å²) >= 11 is 0. The van der Waals surface area contributed by atoms with E-state index in [1.54, 1.807) is 18.2 Å². The van der Waals surface area contributed by atoms with Crippen molar-refractivity contribution in [2.75, 3.05) is 18.1 Å². The molecule has 0 bridgehead atoms. The third-order valence-corrected chi connectivity index (χ3v) is 2.60. The van der Waals surface area contributed by atoms with Gasteiger partial charge in [-0.15, -0.1) is 0 Å². The van der Waals surface area contributed by atoms with Gasteiger partial charge in [0.15, 0.2) is 5.78 Å². The molecule has 1 aliphatic heterocycles. The molecule has 94 valence electrons. The van der Waals surface area contributed by atoms with Crippen LogP contribution in [0.4, 0.5) is 5.69 Å². The van der Waals surface area contributed by atoms with Crippen LogP contribution in [0.1, 0.15) is 13.3 Å². The summed E-state index contributed by atoms with van der Waals surface area (Å²) in [5.41, 5.74) is 1.62. The van der Waals surface area contributed by atoms with Gasteiger partial charge in [-0.1, -0.05) is 12.6 Å².